The Kier molecular flexibility index (Phi) is 3.89. The van der Waals surface area contributed by atoms with E-state index in [4.69, 9.17) is 4.52 Å². The molecule has 1 aromatic heterocycles. The number of rotatable bonds is 3. The number of hydrogen-bond donors (Lipinski definition) is 1. The molecule has 1 heterocycles. The topological polar surface area (TPSA) is 68.0 Å². The average Bonchev–Trinajstić information content (AvgIpc) is 2.71. The van der Waals surface area contributed by atoms with Crippen LogP contribution < -0.4 is 5.32 Å². The highest BCUT2D eigenvalue weighted by molar-refractivity contribution is 9.10. The van der Waals surface area contributed by atoms with Crippen molar-refractivity contribution in [1.29, 1.82) is 0 Å². The quantitative estimate of drug-likeness (QED) is 0.937. The number of nitrogens with one attached hydrogen (secondary N) is 1. The molecule has 1 amide bonds. The molecule has 1 N–H and O–H groups in total. The number of hydrogen-bond acceptors (Lipinski definition) is 4. The molecular formula is C11H8BrF2N3O2. The van der Waals surface area contributed by atoms with Gasteiger partial charge in [-0.3, -0.25) is 4.79 Å². The molecule has 19 heavy (non-hydrogen) atoms. The van der Waals surface area contributed by atoms with Crippen LogP contribution in [0.25, 0.3) is 0 Å². The van der Waals surface area contributed by atoms with E-state index in [-0.39, 0.29) is 16.8 Å². The first-order chi connectivity index (χ1) is 8.97. The molecule has 8 heteroatoms. The molecule has 0 atom stereocenters. The van der Waals surface area contributed by atoms with Crippen molar-refractivity contribution in [3.8, 4) is 0 Å². The van der Waals surface area contributed by atoms with Crippen LogP contribution in [0.2, 0.25) is 0 Å². The molecule has 0 bridgehead atoms. The second kappa shape index (κ2) is 5.43. The normalized spacial score (nSPS) is 10.5. The van der Waals surface area contributed by atoms with Crippen molar-refractivity contribution in [2.45, 2.75) is 13.5 Å². The summed E-state index contributed by atoms with van der Waals surface area (Å²) < 4.78 is 31.9. The van der Waals surface area contributed by atoms with Crippen LogP contribution >= 0.6 is 15.9 Å². The molecule has 0 aliphatic heterocycles. The number of carbonyl (C=O) groups excluding carboxylic acids is 1. The van der Waals surface area contributed by atoms with Crippen LogP contribution in [0.4, 0.5) is 8.78 Å². The van der Waals surface area contributed by atoms with Crippen LogP contribution in [0.3, 0.4) is 0 Å². The molecule has 5 nitrogen and oxygen atoms in total. The van der Waals surface area contributed by atoms with E-state index in [2.05, 4.69) is 31.4 Å². The second-order valence-electron chi connectivity index (χ2n) is 3.66. The van der Waals surface area contributed by atoms with E-state index in [0.717, 1.165) is 12.1 Å². The van der Waals surface area contributed by atoms with Gasteiger partial charge in [-0.25, -0.2) is 8.78 Å². The highest BCUT2D eigenvalue weighted by Crippen LogP contribution is 2.19. The van der Waals surface area contributed by atoms with E-state index in [1.54, 1.807) is 6.92 Å². The summed E-state index contributed by atoms with van der Waals surface area (Å²) in [6.07, 6.45) is 0. The summed E-state index contributed by atoms with van der Waals surface area (Å²) in [5.41, 5.74) is -0.650. The SMILES string of the molecule is Cc1nc(CNC(=O)c2c(F)cc(Br)cc2F)no1. The van der Waals surface area contributed by atoms with Crippen molar-refractivity contribution in [3.05, 3.63) is 45.5 Å². The van der Waals surface area contributed by atoms with Gasteiger partial charge in [0.25, 0.3) is 5.91 Å². The number of carbonyl (C=O) groups is 1. The van der Waals surface area contributed by atoms with E-state index < -0.39 is 23.1 Å². The van der Waals surface area contributed by atoms with Crippen molar-refractivity contribution in [2.75, 3.05) is 0 Å². The smallest absolute Gasteiger partial charge is 0.257 e. The highest BCUT2D eigenvalue weighted by atomic mass is 79.9. The predicted octanol–water partition coefficient (Wildman–Crippen LogP) is 2.35. The third-order valence-electron chi connectivity index (χ3n) is 2.21. The molecule has 100 valence electrons. The monoisotopic (exact) mass is 331 g/mol. The van der Waals surface area contributed by atoms with Crippen molar-refractivity contribution >= 4 is 21.8 Å². The van der Waals surface area contributed by atoms with Crippen LogP contribution in [0.5, 0.6) is 0 Å². The zero-order valence-electron chi connectivity index (χ0n) is 9.71. The van der Waals surface area contributed by atoms with Crippen LogP contribution in [-0.4, -0.2) is 16.0 Å². The third kappa shape index (κ3) is 3.14. The Balaban J connectivity index is 2.12. The van der Waals surface area contributed by atoms with Crippen LogP contribution in [0.15, 0.2) is 21.1 Å². The first-order valence-electron chi connectivity index (χ1n) is 5.19. The maximum atomic E-state index is 13.5. The van der Waals surface area contributed by atoms with Gasteiger partial charge in [0, 0.05) is 11.4 Å². The highest BCUT2D eigenvalue weighted by Gasteiger charge is 2.18. The standard InChI is InChI=1S/C11H8BrF2N3O2/c1-5-16-9(17-19-5)4-15-11(18)10-7(13)2-6(12)3-8(10)14/h2-3H,4H2,1H3,(H,15,18). The molecule has 0 unspecified atom stereocenters. The fourth-order valence-electron chi connectivity index (χ4n) is 1.42. The van der Waals surface area contributed by atoms with Gasteiger partial charge in [0.2, 0.25) is 5.89 Å². The lowest BCUT2D eigenvalue weighted by Crippen LogP contribution is -2.25. The van der Waals surface area contributed by atoms with Crippen molar-refractivity contribution in [1.82, 2.24) is 15.5 Å². The maximum absolute atomic E-state index is 13.5. The van der Waals surface area contributed by atoms with Crippen molar-refractivity contribution in [3.63, 3.8) is 0 Å². The van der Waals surface area contributed by atoms with Gasteiger partial charge in [-0.2, -0.15) is 4.98 Å². The Morgan fingerprint density at radius 2 is 2.05 bits per heavy atom. The van der Waals surface area contributed by atoms with Crippen LogP contribution in [0, 0.1) is 18.6 Å². The van der Waals surface area contributed by atoms with Gasteiger partial charge in [-0.15, -0.1) is 0 Å². The number of benzene rings is 1. The van der Waals surface area contributed by atoms with Gasteiger partial charge in [0.1, 0.15) is 17.2 Å². The first kappa shape index (κ1) is 13.6. The number of aromatic nitrogens is 2. The number of halogens is 3. The van der Waals surface area contributed by atoms with Crippen molar-refractivity contribution < 1.29 is 18.1 Å². The maximum Gasteiger partial charge on any atom is 0.257 e. The average molecular weight is 332 g/mol. The molecule has 1 aromatic carbocycles. The lowest BCUT2D eigenvalue weighted by molar-refractivity contribution is 0.0941. The van der Waals surface area contributed by atoms with Gasteiger partial charge in [0.15, 0.2) is 5.82 Å². The minimum atomic E-state index is -0.950. The third-order valence-corrected chi connectivity index (χ3v) is 2.67. The zero-order chi connectivity index (χ0) is 14.0. The molecule has 0 fully saturated rings. The Bertz CT molecular complexity index is 607. The van der Waals surface area contributed by atoms with Crippen LogP contribution in [-0.2, 0) is 6.54 Å². The number of nitrogens with zero attached hydrogens (tertiary/aromatic N) is 2. The summed E-state index contributed by atoms with van der Waals surface area (Å²) in [6.45, 7) is 1.51. The van der Waals surface area contributed by atoms with E-state index in [0.29, 0.717) is 5.89 Å². The Hall–Kier alpha value is -1.83. The van der Waals surface area contributed by atoms with E-state index in [1.807, 2.05) is 0 Å². The molecule has 2 aromatic rings. The molecular weight excluding hydrogens is 324 g/mol. The summed E-state index contributed by atoms with van der Waals surface area (Å²) in [6, 6.07) is 2.02. The lowest BCUT2D eigenvalue weighted by atomic mass is 10.2. The molecule has 2 rings (SSSR count). The summed E-state index contributed by atoms with van der Waals surface area (Å²) >= 11 is 2.93. The fourth-order valence-corrected chi connectivity index (χ4v) is 1.82. The Labute approximate surface area is 115 Å². The number of amides is 1. The molecule has 0 saturated carbocycles. The Morgan fingerprint density at radius 1 is 1.42 bits per heavy atom. The minimum absolute atomic E-state index is 0.0783. The van der Waals surface area contributed by atoms with Gasteiger partial charge >= 0.3 is 0 Å². The van der Waals surface area contributed by atoms with Gasteiger partial charge < -0.3 is 9.84 Å². The fraction of sp³-hybridized carbons (Fsp3) is 0.182. The van der Waals surface area contributed by atoms with Gasteiger partial charge in [-0.05, 0) is 12.1 Å². The van der Waals surface area contributed by atoms with Crippen molar-refractivity contribution in [2.24, 2.45) is 0 Å². The second-order valence-corrected chi connectivity index (χ2v) is 4.57. The van der Waals surface area contributed by atoms with E-state index in [1.165, 1.54) is 0 Å². The molecule has 0 aliphatic carbocycles. The summed E-state index contributed by atoms with van der Waals surface area (Å²) in [4.78, 5) is 15.5. The minimum Gasteiger partial charge on any atom is -0.344 e. The summed E-state index contributed by atoms with van der Waals surface area (Å²) in [5.74, 6) is -2.22. The lowest BCUT2D eigenvalue weighted by Gasteiger charge is -2.05. The molecule has 0 spiro atoms. The van der Waals surface area contributed by atoms with Gasteiger partial charge in [0.05, 0.1) is 6.54 Å². The van der Waals surface area contributed by atoms with Crippen LogP contribution in [0.1, 0.15) is 22.1 Å². The first-order valence-corrected chi connectivity index (χ1v) is 5.98. The predicted molar refractivity (Wildman–Crippen MR) is 64.3 cm³/mol. The van der Waals surface area contributed by atoms with E-state index in [9.17, 15) is 13.6 Å². The zero-order valence-corrected chi connectivity index (χ0v) is 11.3. The summed E-state index contributed by atoms with van der Waals surface area (Å²) in [7, 11) is 0. The van der Waals surface area contributed by atoms with Gasteiger partial charge in [-0.1, -0.05) is 21.1 Å². The largest absolute Gasteiger partial charge is 0.344 e. The Morgan fingerprint density at radius 3 is 2.58 bits per heavy atom. The number of aryl methyl sites for hydroxylation is 1. The molecule has 0 aliphatic rings. The molecule has 0 saturated heterocycles. The van der Waals surface area contributed by atoms with E-state index >= 15 is 0 Å². The summed E-state index contributed by atoms with van der Waals surface area (Å²) in [5, 5.41) is 5.85. The molecule has 0 radical (unpaired) electrons.